The van der Waals surface area contributed by atoms with Gasteiger partial charge in [-0.2, -0.15) is 0 Å². The summed E-state index contributed by atoms with van der Waals surface area (Å²) in [7, 11) is 1.55. The Balaban J connectivity index is 1.63. The Labute approximate surface area is 207 Å². The van der Waals surface area contributed by atoms with Crippen molar-refractivity contribution in [2.24, 2.45) is 5.92 Å². The SMILES string of the molecule is COc1cccc(C23CCNCC2Cc2c([nH]c4ccccc24)C3)c1C(=O)OCC(Cl)(Cl)Cl. The van der Waals surface area contributed by atoms with Crippen LogP contribution in [0.15, 0.2) is 42.5 Å². The van der Waals surface area contributed by atoms with Crippen LogP contribution >= 0.6 is 34.8 Å². The summed E-state index contributed by atoms with van der Waals surface area (Å²) in [6, 6.07) is 14.2. The minimum Gasteiger partial charge on any atom is -0.496 e. The molecule has 1 saturated heterocycles. The van der Waals surface area contributed by atoms with Crippen molar-refractivity contribution in [1.82, 2.24) is 10.3 Å². The largest absolute Gasteiger partial charge is 0.496 e. The van der Waals surface area contributed by atoms with Crippen molar-refractivity contribution in [2.75, 3.05) is 26.8 Å². The van der Waals surface area contributed by atoms with E-state index in [2.05, 4.69) is 34.6 Å². The molecule has 0 radical (unpaired) electrons. The zero-order valence-electron chi connectivity index (χ0n) is 18.2. The van der Waals surface area contributed by atoms with Gasteiger partial charge in [-0.3, -0.25) is 0 Å². The zero-order chi connectivity index (χ0) is 23.2. The van der Waals surface area contributed by atoms with Crippen LogP contribution in [0, 0.1) is 5.92 Å². The predicted octanol–water partition coefficient (Wildman–Crippen LogP) is 5.35. The molecule has 1 aliphatic carbocycles. The van der Waals surface area contributed by atoms with Gasteiger partial charge in [0.1, 0.15) is 17.9 Å². The summed E-state index contributed by atoms with van der Waals surface area (Å²) in [5.41, 5.74) is 4.86. The number of fused-ring (bicyclic) bond motifs is 4. The number of carbonyl (C=O) groups excluding carboxylic acids is 1. The van der Waals surface area contributed by atoms with Gasteiger partial charge in [0.05, 0.1) is 7.11 Å². The molecule has 3 aromatic rings. The number of alkyl halides is 3. The van der Waals surface area contributed by atoms with E-state index in [1.807, 2.05) is 12.1 Å². The number of halogens is 3. The van der Waals surface area contributed by atoms with Crippen LogP contribution in [0.4, 0.5) is 0 Å². The van der Waals surface area contributed by atoms with Crippen LogP contribution in [-0.2, 0) is 23.0 Å². The number of carbonyl (C=O) groups is 1. The fraction of sp³-hybridized carbons (Fsp3) is 0.400. The highest BCUT2D eigenvalue weighted by Gasteiger charge is 2.48. The van der Waals surface area contributed by atoms with E-state index in [1.54, 1.807) is 13.2 Å². The summed E-state index contributed by atoms with van der Waals surface area (Å²) < 4.78 is 9.34. The van der Waals surface area contributed by atoms with Crippen molar-refractivity contribution in [3.63, 3.8) is 0 Å². The van der Waals surface area contributed by atoms with Gasteiger partial charge in [0.15, 0.2) is 0 Å². The van der Waals surface area contributed by atoms with Crippen molar-refractivity contribution in [3.8, 4) is 5.75 Å². The molecule has 33 heavy (non-hydrogen) atoms. The highest BCUT2D eigenvalue weighted by molar-refractivity contribution is 6.67. The van der Waals surface area contributed by atoms with Gasteiger partial charge in [-0.25, -0.2) is 4.79 Å². The molecule has 1 aliphatic heterocycles. The Morgan fingerprint density at radius 1 is 1.18 bits per heavy atom. The standard InChI is InChI=1S/C25H25Cl3N2O3/c1-32-21-8-4-6-18(22(21)23(31)33-14-25(26,27)28)24-9-10-29-13-15(24)11-17-16-5-2-3-7-19(16)30-20(17)12-24/h2-8,15,29-30H,9-14H2,1H3. The number of hydrogen-bond acceptors (Lipinski definition) is 4. The second-order valence-corrected chi connectivity index (χ2v) is 11.4. The number of esters is 1. The maximum Gasteiger partial charge on any atom is 0.342 e. The Bertz CT molecular complexity index is 1200. The summed E-state index contributed by atoms with van der Waals surface area (Å²) >= 11 is 17.5. The van der Waals surface area contributed by atoms with Crippen LogP contribution < -0.4 is 10.1 Å². The highest BCUT2D eigenvalue weighted by Crippen LogP contribution is 2.50. The topological polar surface area (TPSA) is 63.3 Å². The molecule has 0 bridgehead atoms. The number of piperidine rings is 1. The molecule has 5 rings (SSSR count). The number of benzene rings is 2. The van der Waals surface area contributed by atoms with E-state index in [9.17, 15) is 4.79 Å². The van der Waals surface area contributed by atoms with E-state index in [0.29, 0.717) is 17.2 Å². The Kier molecular flexibility index (Phi) is 6.02. The van der Waals surface area contributed by atoms with Crippen molar-refractivity contribution >= 4 is 51.7 Å². The molecule has 2 aliphatic rings. The molecule has 1 fully saturated rings. The lowest BCUT2D eigenvalue weighted by Gasteiger charge is -2.48. The fourth-order valence-electron chi connectivity index (χ4n) is 5.69. The van der Waals surface area contributed by atoms with E-state index in [0.717, 1.165) is 43.4 Å². The summed E-state index contributed by atoms with van der Waals surface area (Å²) in [6.45, 7) is 1.41. The molecule has 1 aromatic heterocycles. The second kappa shape index (κ2) is 8.70. The van der Waals surface area contributed by atoms with Crippen LogP contribution in [0.5, 0.6) is 5.75 Å². The molecule has 8 heteroatoms. The Morgan fingerprint density at radius 2 is 2.00 bits per heavy atom. The normalized spacial score (nSPS) is 22.5. The maximum absolute atomic E-state index is 13.3. The molecule has 2 atom stereocenters. The van der Waals surface area contributed by atoms with E-state index in [1.165, 1.54) is 16.6 Å². The summed E-state index contributed by atoms with van der Waals surface area (Å²) in [5, 5.41) is 4.84. The summed E-state index contributed by atoms with van der Waals surface area (Å²) in [5.74, 6) is 0.239. The van der Waals surface area contributed by atoms with Gasteiger partial charge < -0.3 is 19.8 Å². The number of aromatic nitrogens is 1. The van der Waals surface area contributed by atoms with Gasteiger partial charge in [-0.05, 0) is 61.5 Å². The summed E-state index contributed by atoms with van der Waals surface area (Å²) in [6.07, 6.45) is 2.62. The monoisotopic (exact) mass is 506 g/mol. The average Bonchev–Trinajstić information content (AvgIpc) is 3.17. The van der Waals surface area contributed by atoms with Crippen molar-refractivity contribution in [2.45, 2.75) is 28.5 Å². The first-order valence-electron chi connectivity index (χ1n) is 11.0. The van der Waals surface area contributed by atoms with Gasteiger partial charge in [-0.1, -0.05) is 65.1 Å². The van der Waals surface area contributed by atoms with Gasteiger partial charge in [0.2, 0.25) is 3.79 Å². The number of para-hydroxylation sites is 1. The highest BCUT2D eigenvalue weighted by atomic mass is 35.6. The molecule has 0 spiro atoms. The number of ether oxygens (including phenoxy) is 2. The molecule has 174 valence electrons. The van der Waals surface area contributed by atoms with Crippen LogP contribution in [0.3, 0.4) is 0 Å². The molecule has 2 heterocycles. The fourth-order valence-corrected chi connectivity index (χ4v) is 5.85. The van der Waals surface area contributed by atoms with E-state index in [-0.39, 0.29) is 12.0 Å². The van der Waals surface area contributed by atoms with E-state index < -0.39 is 9.76 Å². The first-order valence-corrected chi connectivity index (χ1v) is 12.2. The number of hydrogen-bond donors (Lipinski definition) is 2. The molecule has 2 unspecified atom stereocenters. The quantitative estimate of drug-likeness (QED) is 0.369. The molecule has 2 aromatic carbocycles. The van der Waals surface area contributed by atoms with Crippen molar-refractivity contribution in [3.05, 3.63) is 64.8 Å². The van der Waals surface area contributed by atoms with Crippen molar-refractivity contribution in [1.29, 1.82) is 0 Å². The average molecular weight is 508 g/mol. The third kappa shape index (κ3) is 4.10. The van der Waals surface area contributed by atoms with Crippen molar-refractivity contribution < 1.29 is 14.3 Å². The Morgan fingerprint density at radius 3 is 2.79 bits per heavy atom. The molecule has 5 nitrogen and oxygen atoms in total. The molecule has 0 amide bonds. The predicted molar refractivity (Wildman–Crippen MR) is 132 cm³/mol. The number of methoxy groups -OCH3 is 1. The number of nitrogens with one attached hydrogen (secondary N) is 2. The van der Waals surface area contributed by atoms with Gasteiger partial charge >= 0.3 is 5.97 Å². The molecular weight excluding hydrogens is 483 g/mol. The minimum atomic E-state index is -1.68. The smallest absolute Gasteiger partial charge is 0.342 e. The van der Waals surface area contributed by atoms with Gasteiger partial charge in [-0.15, -0.1) is 0 Å². The third-order valence-corrected chi connectivity index (χ3v) is 7.45. The first-order chi connectivity index (χ1) is 15.8. The van der Waals surface area contributed by atoms with E-state index in [4.69, 9.17) is 44.3 Å². The third-order valence-electron chi connectivity index (χ3n) is 7.12. The van der Waals surface area contributed by atoms with Crippen LogP contribution in [0.1, 0.15) is 33.6 Å². The van der Waals surface area contributed by atoms with Crippen LogP contribution in [0.2, 0.25) is 0 Å². The maximum atomic E-state index is 13.3. The van der Waals surface area contributed by atoms with Crippen LogP contribution in [0.25, 0.3) is 10.9 Å². The zero-order valence-corrected chi connectivity index (χ0v) is 20.5. The van der Waals surface area contributed by atoms with Crippen LogP contribution in [-0.4, -0.2) is 41.6 Å². The lowest BCUT2D eigenvalue weighted by atomic mass is 9.58. The Hall–Kier alpha value is -1.92. The molecule has 2 N–H and O–H groups in total. The molecular formula is C25H25Cl3N2O3. The number of aromatic amines is 1. The lowest BCUT2D eigenvalue weighted by Crippen LogP contribution is -2.53. The first kappa shape index (κ1) is 22.9. The molecule has 0 saturated carbocycles. The van der Waals surface area contributed by atoms with E-state index >= 15 is 0 Å². The number of rotatable bonds is 4. The van der Waals surface area contributed by atoms with Gasteiger partial charge in [0.25, 0.3) is 0 Å². The second-order valence-electron chi connectivity index (χ2n) is 8.89. The minimum absolute atomic E-state index is 0.248. The van der Waals surface area contributed by atoms with Gasteiger partial charge in [0, 0.05) is 22.0 Å². The summed E-state index contributed by atoms with van der Waals surface area (Å²) in [4.78, 5) is 16.9. The number of H-pyrrole nitrogens is 1. The lowest BCUT2D eigenvalue weighted by molar-refractivity contribution is 0.0501.